The van der Waals surface area contributed by atoms with Gasteiger partial charge in [-0.15, -0.1) is 0 Å². The molecule has 118 valence electrons. The molecule has 1 amide bonds. The molecule has 0 saturated heterocycles. The van der Waals surface area contributed by atoms with E-state index in [-0.39, 0.29) is 17.5 Å². The zero-order valence-electron chi connectivity index (χ0n) is 14.1. The molecule has 1 aromatic rings. The van der Waals surface area contributed by atoms with Crippen molar-refractivity contribution in [3.8, 4) is 0 Å². The van der Waals surface area contributed by atoms with Crippen LogP contribution in [-0.2, 0) is 11.2 Å². The molecule has 0 aliphatic carbocycles. The number of hydrogen-bond acceptors (Lipinski definition) is 2. The van der Waals surface area contributed by atoms with E-state index in [4.69, 9.17) is 0 Å². The van der Waals surface area contributed by atoms with Crippen molar-refractivity contribution >= 4 is 5.91 Å². The number of aryl methyl sites for hydroxylation is 1. The average Bonchev–Trinajstić information content (AvgIpc) is 2.43. The van der Waals surface area contributed by atoms with Gasteiger partial charge in [0.05, 0.1) is 6.04 Å². The standard InChI is InChI=1S/C18H30N2O/c1-14(2)13-19-17(21)15(3)20-18(4,5)12-11-16-9-7-6-8-10-16/h6-10,14-15,20H,11-13H2,1-5H3,(H,19,21). The van der Waals surface area contributed by atoms with Gasteiger partial charge in [-0.25, -0.2) is 0 Å². The van der Waals surface area contributed by atoms with Gasteiger partial charge in [0.2, 0.25) is 5.91 Å². The topological polar surface area (TPSA) is 41.1 Å². The maximum Gasteiger partial charge on any atom is 0.236 e. The molecule has 0 aliphatic rings. The van der Waals surface area contributed by atoms with Crippen LogP contribution in [0.5, 0.6) is 0 Å². The van der Waals surface area contributed by atoms with Crippen molar-refractivity contribution in [3.63, 3.8) is 0 Å². The lowest BCUT2D eigenvalue weighted by molar-refractivity contribution is -0.123. The van der Waals surface area contributed by atoms with Gasteiger partial charge < -0.3 is 10.6 Å². The first-order chi connectivity index (χ1) is 9.80. The minimum absolute atomic E-state index is 0.0651. The van der Waals surface area contributed by atoms with Crippen LogP contribution in [0.25, 0.3) is 0 Å². The van der Waals surface area contributed by atoms with E-state index in [1.54, 1.807) is 0 Å². The maximum absolute atomic E-state index is 12.0. The molecule has 21 heavy (non-hydrogen) atoms. The van der Waals surface area contributed by atoms with Gasteiger partial charge in [-0.2, -0.15) is 0 Å². The van der Waals surface area contributed by atoms with E-state index >= 15 is 0 Å². The summed E-state index contributed by atoms with van der Waals surface area (Å²) in [4.78, 5) is 12.0. The van der Waals surface area contributed by atoms with Crippen molar-refractivity contribution < 1.29 is 4.79 Å². The molecule has 0 radical (unpaired) electrons. The van der Waals surface area contributed by atoms with E-state index in [9.17, 15) is 4.79 Å². The number of rotatable bonds is 8. The smallest absolute Gasteiger partial charge is 0.236 e. The summed E-state index contributed by atoms with van der Waals surface area (Å²) in [7, 11) is 0. The Hall–Kier alpha value is -1.35. The summed E-state index contributed by atoms with van der Waals surface area (Å²) >= 11 is 0. The normalized spacial score (nSPS) is 13.2. The van der Waals surface area contributed by atoms with Crippen LogP contribution in [-0.4, -0.2) is 24.0 Å². The number of carbonyl (C=O) groups is 1. The SMILES string of the molecule is CC(C)CNC(=O)C(C)NC(C)(C)CCc1ccccc1. The van der Waals surface area contributed by atoms with Crippen LogP contribution in [0.1, 0.15) is 46.6 Å². The summed E-state index contributed by atoms with van der Waals surface area (Å²) in [6, 6.07) is 10.3. The third-order valence-corrected chi connectivity index (χ3v) is 3.57. The quantitative estimate of drug-likeness (QED) is 0.772. The summed E-state index contributed by atoms with van der Waals surface area (Å²) in [6.07, 6.45) is 2.01. The van der Waals surface area contributed by atoms with Crippen molar-refractivity contribution in [1.82, 2.24) is 10.6 Å². The molecule has 1 atom stereocenters. The Labute approximate surface area is 129 Å². The number of carbonyl (C=O) groups excluding carboxylic acids is 1. The molecule has 1 rings (SSSR count). The van der Waals surface area contributed by atoms with Crippen molar-refractivity contribution in [2.75, 3.05) is 6.54 Å². The fourth-order valence-corrected chi connectivity index (χ4v) is 2.28. The molecule has 0 heterocycles. The van der Waals surface area contributed by atoms with E-state index in [0.717, 1.165) is 19.4 Å². The highest BCUT2D eigenvalue weighted by molar-refractivity contribution is 5.81. The highest BCUT2D eigenvalue weighted by Crippen LogP contribution is 2.14. The number of nitrogens with one attached hydrogen (secondary N) is 2. The van der Waals surface area contributed by atoms with E-state index in [0.29, 0.717) is 5.92 Å². The molecule has 0 saturated carbocycles. The van der Waals surface area contributed by atoms with E-state index < -0.39 is 0 Å². The Morgan fingerprint density at radius 2 is 1.76 bits per heavy atom. The summed E-state index contributed by atoms with van der Waals surface area (Å²) in [5, 5.41) is 6.41. The lowest BCUT2D eigenvalue weighted by Gasteiger charge is -2.30. The summed E-state index contributed by atoms with van der Waals surface area (Å²) in [5.41, 5.74) is 1.27. The molecule has 1 aromatic carbocycles. The van der Waals surface area contributed by atoms with E-state index in [1.807, 2.05) is 13.0 Å². The van der Waals surface area contributed by atoms with Crippen LogP contribution >= 0.6 is 0 Å². The highest BCUT2D eigenvalue weighted by atomic mass is 16.2. The molecule has 2 N–H and O–H groups in total. The monoisotopic (exact) mass is 290 g/mol. The van der Waals surface area contributed by atoms with Crippen molar-refractivity contribution in [3.05, 3.63) is 35.9 Å². The first-order valence-corrected chi connectivity index (χ1v) is 7.89. The Kier molecular flexibility index (Phi) is 6.90. The Morgan fingerprint density at radius 1 is 1.14 bits per heavy atom. The van der Waals surface area contributed by atoms with Gasteiger partial charge in [0.15, 0.2) is 0 Å². The average molecular weight is 290 g/mol. The first kappa shape index (κ1) is 17.7. The predicted molar refractivity (Wildman–Crippen MR) is 89.3 cm³/mol. The zero-order chi connectivity index (χ0) is 15.9. The van der Waals surface area contributed by atoms with Crippen LogP contribution in [0.3, 0.4) is 0 Å². The zero-order valence-corrected chi connectivity index (χ0v) is 14.1. The predicted octanol–water partition coefficient (Wildman–Crippen LogP) is 3.15. The highest BCUT2D eigenvalue weighted by Gasteiger charge is 2.23. The van der Waals surface area contributed by atoms with Gasteiger partial charge in [-0.3, -0.25) is 4.79 Å². The molecule has 3 heteroatoms. The van der Waals surface area contributed by atoms with Gasteiger partial charge >= 0.3 is 0 Å². The van der Waals surface area contributed by atoms with Gasteiger partial charge in [0.1, 0.15) is 0 Å². The second kappa shape index (κ2) is 8.18. The maximum atomic E-state index is 12.0. The van der Waals surface area contributed by atoms with Gasteiger partial charge in [-0.1, -0.05) is 44.2 Å². The lowest BCUT2D eigenvalue weighted by atomic mass is 9.94. The molecule has 0 aromatic heterocycles. The van der Waals surface area contributed by atoms with Crippen molar-refractivity contribution in [1.29, 1.82) is 0 Å². The second-order valence-corrected chi connectivity index (χ2v) is 6.87. The number of hydrogen-bond donors (Lipinski definition) is 2. The molecule has 1 unspecified atom stereocenters. The van der Waals surface area contributed by atoms with Crippen molar-refractivity contribution in [2.24, 2.45) is 5.92 Å². The number of benzene rings is 1. The van der Waals surface area contributed by atoms with Gasteiger partial charge in [-0.05, 0) is 45.1 Å². The summed E-state index contributed by atoms with van der Waals surface area (Å²) in [5.74, 6) is 0.559. The van der Waals surface area contributed by atoms with Crippen LogP contribution < -0.4 is 10.6 Å². The Balaban J connectivity index is 2.41. The van der Waals surface area contributed by atoms with Crippen LogP contribution in [0.4, 0.5) is 0 Å². The van der Waals surface area contributed by atoms with E-state index in [1.165, 1.54) is 5.56 Å². The third-order valence-electron chi connectivity index (χ3n) is 3.57. The van der Waals surface area contributed by atoms with Gasteiger partial charge in [0, 0.05) is 12.1 Å². The summed E-state index contributed by atoms with van der Waals surface area (Å²) < 4.78 is 0. The summed E-state index contributed by atoms with van der Waals surface area (Å²) in [6.45, 7) is 11.2. The fourth-order valence-electron chi connectivity index (χ4n) is 2.28. The largest absolute Gasteiger partial charge is 0.354 e. The Morgan fingerprint density at radius 3 is 2.33 bits per heavy atom. The molecule has 0 spiro atoms. The fraction of sp³-hybridized carbons (Fsp3) is 0.611. The van der Waals surface area contributed by atoms with Crippen LogP contribution in [0.15, 0.2) is 30.3 Å². The molecule has 0 bridgehead atoms. The molecule has 3 nitrogen and oxygen atoms in total. The molecule has 0 fully saturated rings. The molecular weight excluding hydrogens is 260 g/mol. The van der Waals surface area contributed by atoms with E-state index in [2.05, 4.69) is 62.6 Å². The Bertz CT molecular complexity index is 426. The number of amides is 1. The van der Waals surface area contributed by atoms with Gasteiger partial charge in [0.25, 0.3) is 0 Å². The third kappa shape index (κ3) is 7.28. The minimum atomic E-state index is -0.172. The van der Waals surface area contributed by atoms with Crippen LogP contribution in [0.2, 0.25) is 0 Å². The second-order valence-electron chi connectivity index (χ2n) is 6.87. The first-order valence-electron chi connectivity index (χ1n) is 7.89. The minimum Gasteiger partial charge on any atom is -0.354 e. The molecular formula is C18H30N2O. The molecule has 0 aliphatic heterocycles. The van der Waals surface area contributed by atoms with Crippen LogP contribution in [0, 0.1) is 5.92 Å². The lowest BCUT2D eigenvalue weighted by Crippen LogP contribution is -2.52. The van der Waals surface area contributed by atoms with Crippen molar-refractivity contribution in [2.45, 2.75) is 59.0 Å².